The van der Waals surface area contributed by atoms with E-state index in [-0.39, 0.29) is 5.91 Å². The van der Waals surface area contributed by atoms with E-state index in [1.165, 1.54) is 12.1 Å². The van der Waals surface area contributed by atoms with Crippen molar-refractivity contribution in [1.82, 2.24) is 10.2 Å². The van der Waals surface area contributed by atoms with Gasteiger partial charge in [-0.3, -0.25) is 4.79 Å². The highest BCUT2D eigenvalue weighted by Crippen LogP contribution is 2.26. The summed E-state index contributed by atoms with van der Waals surface area (Å²) in [6.07, 6.45) is 0. The fourth-order valence-electron chi connectivity index (χ4n) is 2.95. The second-order valence-electron chi connectivity index (χ2n) is 6.72. The van der Waals surface area contributed by atoms with Crippen LogP contribution in [-0.2, 0) is 0 Å². The number of nitrogens with zero attached hydrogens (tertiary/aromatic N) is 2. The summed E-state index contributed by atoms with van der Waals surface area (Å²) in [5.41, 5.74) is 4.30. The first-order valence-electron chi connectivity index (χ1n) is 9.09. The third kappa shape index (κ3) is 3.91. The van der Waals surface area contributed by atoms with Gasteiger partial charge in [0, 0.05) is 22.4 Å². The predicted molar refractivity (Wildman–Crippen MR) is 109 cm³/mol. The van der Waals surface area contributed by atoms with Gasteiger partial charge < -0.3 is 9.73 Å². The summed E-state index contributed by atoms with van der Waals surface area (Å²) in [6, 6.07) is 18.9. The normalized spacial score (nSPS) is 10.7. The Morgan fingerprint density at radius 2 is 1.62 bits per heavy atom. The van der Waals surface area contributed by atoms with Crippen molar-refractivity contribution in [2.75, 3.05) is 5.32 Å². The molecule has 0 aliphatic heterocycles. The van der Waals surface area contributed by atoms with Crippen molar-refractivity contribution >= 4 is 11.6 Å². The van der Waals surface area contributed by atoms with E-state index in [0.29, 0.717) is 28.6 Å². The van der Waals surface area contributed by atoms with E-state index in [1.807, 2.05) is 31.2 Å². The Labute approximate surface area is 167 Å². The van der Waals surface area contributed by atoms with Crippen LogP contribution in [0.15, 0.2) is 71.1 Å². The van der Waals surface area contributed by atoms with Crippen LogP contribution in [-0.4, -0.2) is 16.1 Å². The number of benzene rings is 3. The fraction of sp³-hybridized carbons (Fsp3) is 0.0870. The van der Waals surface area contributed by atoms with Gasteiger partial charge in [0.15, 0.2) is 0 Å². The second kappa shape index (κ2) is 7.67. The Balaban J connectivity index is 1.53. The molecule has 4 rings (SSSR count). The predicted octanol–water partition coefficient (Wildman–Crippen LogP) is 5.41. The van der Waals surface area contributed by atoms with E-state index < -0.39 is 5.82 Å². The topological polar surface area (TPSA) is 68.0 Å². The molecule has 0 saturated carbocycles. The smallest absolute Gasteiger partial charge is 0.255 e. The summed E-state index contributed by atoms with van der Waals surface area (Å²) in [5, 5.41) is 11.0. The lowest BCUT2D eigenvalue weighted by Crippen LogP contribution is -2.12. The molecule has 0 bridgehead atoms. The number of hydrogen-bond acceptors (Lipinski definition) is 4. The van der Waals surface area contributed by atoms with Gasteiger partial charge in [0.2, 0.25) is 11.8 Å². The van der Waals surface area contributed by atoms with Crippen molar-refractivity contribution in [3.8, 4) is 22.9 Å². The number of aryl methyl sites for hydroxylation is 2. The van der Waals surface area contributed by atoms with Crippen LogP contribution in [0, 0.1) is 19.7 Å². The van der Waals surface area contributed by atoms with E-state index >= 15 is 0 Å². The minimum Gasteiger partial charge on any atom is -0.416 e. The standard InChI is InChI=1S/C23H18FN3O2/c1-14-5-3-4-6-19(14)23-27-26-22(29-23)17-10-8-16(9-11-17)21(28)25-20-13-18(24)12-7-15(20)2/h3-13H,1-2H3,(H,25,28). The maximum atomic E-state index is 13.4. The zero-order valence-corrected chi connectivity index (χ0v) is 15.9. The molecule has 5 nitrogen and oxygen atoms in total. The minimum absolute atomic E-state index is 0.323. The van der Waals surface area contributed by atoms with Crippen molar-refractivity contribution in [3.05, 3.63) is 89.2 Å². The van der Waals surface area contributed by atoms with Crippen molar-refractivity contribution < 1.29 is 13.6 Å². The van der Waals surface area contributed by atoms with Crippen LogP contribution >= 0.6 is 0 Å². The van der Waals surface area contributed by atoms with Crippen LogP contribution in [0.25, 0.3) is 22.9 Å². The van der Waals surface area contributed by atoms with Gasteiger partial charge in [0.05, 0.1) is 0 Å². The molecule has 1 aromatic heterocycles. The molecule has 4 aromatic rings. The summed E-state index contributed by atoms with van der Waals surface area (Å²) < 4.78 is 19.2. The molecule has 1 heterocycles. The molecule has 1 N–H and O–H groups in total. The highest BCUT2D eigenvalue weighted by Gasteiger charge is 2.13. The van der Waals surface area contributed by atoms with Gasteiger partial charge in [0.1, 0.15) is 5.82 Å². The number of carbonyl (C=O) groups is 1. The number of halogens is 1. The quantitative estimate of drug-likeness (QED) is 0.508. The van der Waals surface area contributed by atoms with Gasteiger partial charge in [-0.2, -0.15) is 0 Å². The molecule has 6 heteroatoms. The molecule has 0 spiro atoms. The number of hydrogen-bond donors (Lipinski definition) is 1. The summed E-state index contributed by atoms with van der Waals surface area (Å²) in [7, 11) is 0. The Kier molecular flexibility index (Phi) is 4.91. The number of nitrogens with one attached hydrogen (secondary N) is 1. The van der Waals surface area contributed by atoms with Crippen LogP contribution in [0.4, 0.5) is 10.1 Å². The molecule has 0 radical (unpaired) electrons. The molecule has 0 unspecified atom stereocenters. The molecule has 0 fully saturated rings. The highest BCUT2D eigenvalue weighted by atomic mass is 19.1. The lowest BCUT2D eigenvalue weighted by Gasteiger charge is -2.08. The van der Waals surface area contributed by atoms with Crippen molar-refractivity contribution in [2.24, 2.45) is 0 Å². The number of amides is 1. The number of rotatable bonds is 4. The van der Waals surface area contributed by atoms with Gasteiger partial charge in [0.25, 0.3) is 5.91 Å². The van der Waals surface area contributed by atoms with Gasteiger partial charge >= 0.3 is 0 Å². The van der Waals surface area contributed by atoms with E-state index in [4.69, 9.17) is 4.42 Å². The maximum Gasteiger partial charge on any atom is 0.255 e. The number of aromatic nitrogens is 2. The molecular formula is C23H18FN3O2. The largest absolute Gasteiger partial charge is 0.416 e. The summed E-state index contributed by atoms with van der Waals surface area (Å²) in [5.74, 6) is 0.0937. The van der Waals surface area contributed by atoms with E-state index in [0.717, 1.165) is 16.7 Å². The minimum atomic E-state index is -0.401. The van der Waals surface area contributed by atoms with Crippen LogP contribution in [0.2, 0.25) is 0 Å². The second-order valence-corrected chi connectivity index (χ2v) is 6.72. The molecule has 0 saturated heterocycles. The first-order valence-corrected chi connectivity index (χ1v) is 9.09. The van der Waals surface area contributed by atoms with Crippen molar-refractivity contribution in [3.63, 3.8) is 0 Å². The molecule has 144 valence electrons. The third-order valence-corrected chi connectivity index (χ3v) is 4.64. The van der Waals surface area contributed by atoms with E-state index in [1.54, 1.807) is 37.3 Å². The van der Waals surface area contributed by atoms with Crippen LogP contribution < -0.4 is 5.32 Å². The third-order valence-electron chi connectivity index (χ3n) is 4.64. The lowest BCUT2D eigenvalue weighted by molar-refractivity contribution is 0.102. The first-order chi connectivity index (χ1) is 14.0. The van der Waals surface area contributed by atoms with Crippen molar-refractivity contribution in [1.29, 1.82) is 0 Å². The maximum absolute atomic E-state index is 13.4. The molecule has 1 amide bonds. The van der Waals surface area contributed by atoms with Crippen molar-refractivity contribution in [2.45, 2.75) is 13.8 Å². The van der Waals surface area contributed by atoms with Gasteiger partial charge in [-0.1, -0.05) is 24.3 Å². The molecular weight excluding hydrogens is 369 g/mol. The molecule has 0 aliphatic rings. The Morgan fingerprint density at radius 3 is 2.38 bits per heavy atom. The fourth-order valence-corrected chi connectivity index (χ4v) is 2.95. The molecule has 0 aliphatic carbocycles. The lowest BCUT2D eigenvalue weighted by atomic mass is 10.1. The average Bonchev–Trinajstić information content (AvgIpc) is 3.21. The van der Waals surface area contributed by atoms with Gasteiger partial charge in [-0.25, -0.2) is 4.39 Å². The van der Waals surface area contributed by atoms with Crippen LogP contribution in [0.3, 0.4) is 0 Å². The SMILES string of the molecule is Cc1ccc(F)cc1NC(=O)c1ccc(-c2nnc(-c3ccccc3C)o2)cc1. The first kappa shape index (κ1) is 18.6. The molecule has 29 heavy (non-hydrogen) atoms. The van der Waals surface area contributed by atoms with E-state index in [2.05, 4.69) is 15.5 Å². The monoisotopic (exact) mass is 387 g/mol. The zero-order chi connectivity index (χ0) is 20.4. The molecule has 3 aromatic carbocycles. The summed E-state index contributed by atoms with van der Waals surface area (Å²) in [4.78, 5) is 12.5. The number of carbonyl (C=O) groups excluding carboxylic acids is 1. The summed E-state index contributed by atoms with van der Waals surface area (Å²) in [6.45, 7) is 3.78. The van der Waals surface area contributed by atoms with Crippen LogP contribution in [0.1, 0.15) is 21.5 Å². The molecule has 0 atom stereocenters. The van der Waals surface area contributed by atoms with Crippen LogP contribution in [0.5, 0.6) is 0 Å². The summed E-state index contributed by atoms with van der Waals surface area (Å²) >= 11 is 0. The van der Waals surface area contributed by atoms with E-state index in [9.17, 15) is 9.18 Å². The zero-order valence-electron chi connectivity index (χ0n) is 15.9. The Morgan fingerprint density at radius 1 is 0.897 bits per heavy atom. The average molecular weight is 387 g/mol. The number of anilines is 1. The van der Waals surface area contributed by atoms with Gasteiger partial charge in [-0.05, 0) is 67.4 Å². The highest BCUT2D eigenvalue weighted by molar-refractivity contribution is 6.04. The van der Waals surface area contributed by atoms with Gasteiger partial charge in [-0.15, -0.1) is 10.2 Å². The Hall–Kier alpha value is -3.80. The Bertz CT molecular complexity index is 1180.